The van der Waals surface area contributed by atoms with E-state index in [1.807, 2.05) is 0 Å². The SMILES string of the molecule is O=C1N[C@H]2[C@H]1[C@H]1C=CC=C[C@H]2C1. The lowest BCUT2D eigenvalue weighted by atomic mass is 9.84. The van der Waals surface area contributed by atoms with Crippen molar-refractivity contribution in [3.8, 4) is 0 Å². The summed E-state index contributed by atoms with van der Waals surface area (Å²) in [6.45, 7) is 0. The van der Waals surface area contributed by atoms with E-state index in [0.717, 1.165) is 6.42 Å². The summed E-state index contributed by atoms with van der Waals surface area (Å²) in [7, 11) is 0. The average molecular weight is 161 g/mol. The topological polar surface area (TPSA) is 29.1 Å². The first-order valence-corrected chi connectivity index (χ1v) is 4.51. The van der Waals surface area contributed by atoms with E-state index in [1.54, 1.807) is 0 Å². The Labute approximate surface area is 71.3 Å². The zero-order chi connectivity index (χ0) is 8.13. The maximum Gasteiger partial charge on any atom is 0.226 e. The Morgan fingerprint density at radius 1 is 1.25 bits per heavy atom. The number of fused-ring (bicyclic) bond motifs is 5. The normalized spacial score (nSPS) is 47.8. The van der Waals surface area contributed by atoms with Crippen LogP contribution in [0.25, 0.3) is 0 Å². The van der Waals surface area contributed by atoms with Gasteiger partial charge in [-0.15, -0.1) is 0 Å². The van der Waals surface area contributed by atoms with Gasteiger partial charge in [0.05, 0.1) is 5.92 Å². The van der Waals surface area contributed by atoms with Gasteiger partial charge >= 0.3 is 0 Å². The smallest absolute Gasteiger partial charge is 0.226 e. The average Bonchev–Trinajstić information content (AvgIpc) is 2.21. The number of rotatable bonds is 0. The number of nitrogens with one attached hydrogen (secondary N) is 1. The van der Waals surface area contributed by atoms with Crippen LogP contribution in [0.4, 0.5) is 0 Å². The predicted molar refractivity (Wildman–Crippen MR) is 45.3 cm³/mol. The third-order valence-corrected chi connectivity index (χ3v) is 3.29. The van der Waals surface area contributed by atoms with Crippen molar-refractivity contribution < 1.29 is 4.79 Å². The zero-order valence-corrected chi connectivity index (χ0v) is 6.73. The number of β-lactam (4-membered cyclic amide) rings is 1. The van der Waals surface area contributed by atoms with Crippen LogP contribution in [0.5, 0.6) is 0 Å². The van der Waals surface area contributed by atoms with Gasteiger partial charge in [0.15, 0.2) is 0 Å². The maximum atomic E-state index is 11.2. The van der Waals surface area contributed by atoms with Gasteiger partial charge in [0.2, 0.25) is 5.91 Å². The summed E-state index contributed by atoms with van der Waals surface area (Å²) in [5.74, 6) is 1.64. The van der Waals surface area contributed by atoms with Crippen molar-refractivity contribution in [2.75, 3.05) is 0 Å². The van der Waals surface area contributed by atoms with Crippen molar-refractivity contribution in [3.05, 3.63) is 24.3 Å². The number of hydrogen-bond donors (Lipinski definition) is 1. The minimum absolute atomic E-state index is 0.257. The van der Waals surface area contributed by atoms with E-state index in [1.165, 1.54) is 0 Å². The highest BCUT2D eigenvalue weighted by molar-refractivity contribution is 5.87. The fourth-order valence-corrected chi connectivity index (χ4v) is 2.67. The van der Waals surface area contributed by atoms with Crippen molar-refractivity contribution in [2.45, 2.75) is 12.5 Å². The summed E-state index contributed by atoms with van der Waals surface area (Å²) in [4.78, 5) is 11.2. The Morgan fingerprint density at radius 3 is 2.75 bits per heavy atom. The third-order valence-electron chi connectivity index (χ3n) is 3.29. The molecule has 3 rings (SSSR count). The first-order chi connectivity index (χ1) is 5.86. The Bertz CT molecular complexity index is 292. The molecule has 0 unspecified atom stereocenters. The zero-order valence-electron chi connectivity index (χ0n) is 6.73. The van der Waals surface area contributed by atoms with Crippen LogP contribution in [0.1, 0.15) is 6.42 Å². The highest BCUT2D eigenvalue weighted by atomic mass is 16.2. The molecule has 1 amide bonds. The number of carbonyl (C=O) groups is 1. The van der Waals surface area contributed by atoms with Crippen LogP contribution >= 0.6 is 0 Å². The first kappa shape index (κ1) is 6.46. The Hall–Kier alpha value is -1.05. The molecule has 12 heavy (non-hydrogen) atoms. The van der Waals surface area contributed by atoms with Gasteiger partial charge in [-0.1, -0.05) is 24.3 Å². The van der Waals surface area contributed by atoms with Gasteiger partial charge in [-0.05, 0) is 18.3 Å². The molecule has 0 aromatic carbocycles. The molecule has 1 aliphatic heterocycles. The highest BCUT2D eigenvalue weighted by Crippen LogP contribution is 2.44. The Kier molecular flexibility index (Phi) is 1.08. The number of amides is 1. The van der Waals surface area contributed by atoms with Gasteiger partial charge < -0.3 is 5.32 Å². The number of hydrogen-bond acceptors (Lipinski definition) is 1. The van der Waals surface area contributed by atoms with Gasteiger partial charge in [0.25, 0.3) is 0 Å². The van der Waals surface area contributed by atoms with Crippen molar-refractivity contribution in [3.63, 3.8) is 0 Å². The highest BCUT2D eigenvalue weighted by Gasteiger charge is 2.52. The molecule has 1 saturated carbocycles. The van der Waals surface area contributed by atoms with E-state index in [0.29, 0.717) is 17.9 Å². The summed E-state index contributed by atoms with van der Waals surface area (Å²) < 4.78 is 0. The monoisotopic (exact) mass is 161 g/mol. The minimum Gasteiger partial charge on any atom is -0.352 e. The second kappa shape index (κ2) is 2.00. The van der Waals surface area contributed by atoms with Gasteiger partial charge in [-0.2, -0.15) is 0 Å². The molecule has 3 aliphatic rings. The van der Waals surface area contributed by atoms with Crippen LogP contribution in [-0.4, -0.2) is 11.9 Å². The number of carbonyl (C=O) groups excluding carboxylic acids is 1. The van der Waals surface area contributed by atoms with Crippen LogP contribution in [-0.2, 0) is 4.79 Å². The molecule has 1 heterocycles. The second-order valence-corrected chi connectivity index (χ2v) is 3.89. The lowest BCUT2D eigenvalue weighted by molar-refractivity contribution is -0.135. The third kappa shape index (κ3) is 0.631. The molecule has 2 nitrogen and oxygen atoms in total. The Morgan fingerprint density at radius 2 is 2.00 bits per heavy atom. The van der Waals surface area contributed by atoms with Crippen LogP contribution in [0.15, 0.2) is 24.3 Å². The summed E-state index contributed by atoms with van der Waals surface area (Å²) in [5.41, 5.74) is 0. The molecule has 2 bridgehead atoms. The fourth-order valence-electron chi connectivity index (χ4n) is 2.67. The van der Waals surface area contributed by atoms with Gasteiger partial charge in [0.1, 0.15) is 0 Å². The second-order valence-electron chi connectivity index (χ2n) is 3.89. The van der Waals surface area contributed by atoms with E-state index in [-0.39, 0.29) is 11.8 Å². The molecular formula is C10H11NO. The van der Waals surface area contributed by atoms with E-state index < -0.39 is 0 Å². The molecule has 4 atom stereocenters. The minimum atomic E-state index is 0.257. The molecule has 0 aromatic heterocycles. The predicted octanol–water partition coefficient (Wildman–Crippen LogP) is 0.863. The molecule has 0 aromatic rings. The molecule has 0 spiro atoms. The Balaban J connectivity index is 1.98. The van der Waals surface area contributed by atoms with Gasteiger partial charge in [-0.25, -0.2) is 0 Å². The molecule has 2 fully saturated rings. The largest absolute Gasteiger partial charge is 0.352 e. The lowest BCUT2D eigenvalue weighted by Crippen LogP contribution is -2.58. The van der Waals surface area contributed by atoms with Gasteiger partial charge in [-0.3, -0.25) is 4.79 Å². The molecule has 62 valence electrons. The summed E-state index contributed by atoms with van der Waals surface area (Å²) in [6.07, 6.45) is 9.74. The van der Waals surface area contributed by atoms with Crippen molar-refractivity contribution in [2.24, 2.45) is 17.8 Å². The quantitative estimate of drug-likeness (QED) is 0.525. The standard InChI is InChI=1S/C10H11NO/c12-10-8-6-3-1-2-4-7(5-6)9(8)11-10/h1-4,6-9H,5H2,(H,11,12)/t6-,7-,8+,9+/m0/s1. The first-order valence-electron chi connectivity index (χ1n) is 4.51. The van der Waals surface area contributed by atoms with Crippen molar-refractivity contribution in [1.29, 1.82) is 0 Å². The van der Waals surface area contributed by atoms with E-state index >= 15 is 0 Å². The van der Waals surface area contributed by atoms with E-state index in [2.05, 4.69) is 29.6 Å². The molecular weight excluding hydrogens is 150 g/mol. The molecule has 0 radical (unpaired) electrons. The van der Waals surface area contributed by atoms with Crippen molar-refractivity contribution in [1.82, 2.24) is 5.32 Å². The van der Waals surface area contributed by atoms with Crippen molar-refractivity contribution >= 4 is 5.91 Å². The van der Waals surface area contributed by atoms with E-state index in [9.17, 15) is 4.79 Å². The van der Waals surface area contributed by atoms with Crippen LogP contribution in [0.3, 0.4) is 0 Å². The summed E-state index contributed by atoms with van der Waals surface area (Å²) >= 11 is 0. The molecule has 1 saturated heterocycles. The van der Waals surface area contributed by atoms with Crippen LogP contribution in [0, 0.1) is 17.8 Å². The summed E-state index contributed by atoms with van der Waals surface area (Å²) in [5, 5.41) is 2.98. The van der Waals surface area contributed by atoms with Crippen LogP contribution < -0.4 is 5.32 Å². The van der Waals surface area contributed by atoms with Crippen LogP contribution in [0.2, 0.25) is 0 Å². The molecule has 1 N–H and O–H groups in total. The van der Waals surface area contributed by atoms with E-state index in [4.69, 9.17) is 0 Å². The fraction of sp³-hybridized carbons (Fsp3) is 0.500. The lowest BCUT2D eigenvalue weighted by Gasteiger charge is -2.35. The van der Waals surface area contributed by atoms with Gasteiger partial charge in [0, 0.05) is 6.04 Å². The number of allylic oxidation sites excluding steroid dienone is 3. The maximum absolute atomic E-state index is 11.2. The molecule has 2 aliphatic carbocycles. The molecule has 2 heteroatoms. The summed E-state index contributed by atoms with van der Waals surface area (Å²) in [6, 6.07) is 0.448.